The third kappa shape index (κ3) is 3.65. The number of aromatic nitrogens is 3. The number of fused-ring (bicyclic) bond motifs is 3. The number of benzene rings is 1. The summed E-state index contributed by atoms with van der Waals surface area (Å²) in [6, 6.07) is 10.9. The molecular weight excluding hydrogens is 451 g/mol. The monoisotopic (exact) mass is 476 g/mol. The summed E-state index contributed by atoms with van der Waals surface area (Å²) < 4.78 is 16.7. The van der Waals surface area contributed by atoms with Gasteiger partial charge in [-0.25, -0.2) is 4.39 Å². The molecular formula is C26H25FN4O2S. The Balaban J connectivity index is 1.31. The molecule has 8 heteroatoms. The number of hydrogen-bond donors (Lipinski definition) is 2. The Kier molecular flexibility index (Phi) is 5.30. The van der Waals surface area contributed by atoms with Crippen molar-refractivity contribution in [3.05, 3.63) is 64.7 Å². The van der Waals surface area contributed by atoms with E-state index in [2.05, 4.69) is 21.6 Å². The molecule has 6 rings (SSSR count). The Morgan fingerprint density at radius 2 is 2.00 bits per heavy atom. The fourth-order valence-corrected chi connectivity index (χ4v) is 6.35. The van der Waals surface area contributed by atoms with Gasteiger partial charge in [0.25, 0.3) is 5.56 Å². The molecule has 2 bridgehead atoms. The molecule has 5 heterocycles. The number of phenolic OH excluding ortho intramolecular Hbond substituents is 1. The predicted molar refractivity (Wildman–Crippen MR) is 131 cm³/mol. The van der Waals surface area contributed by atoms with Crippen LogP contribution in [0.1, 0.15) is 25.0 Å². The molecule has 0 aliphatic carbocycles. The highest BCUT2D eigenvalue weighted by atomic mass is 32.2. The fourth-order valence-electron chi connectivity index (χ4n) is 5.42. The highest BCUT2D eigenvalue weighted by Gasteiger charge is 2.44. The minimum Gasteiger partial charge on any atom is -0.507 e. The van der Waals surface area contributed by atoms with E-state index in [9.17, 15) is 9.90 Å². The molecule has 2 N–H and O–H groups in total. The molecule has 0 amide bonds. The number of piperidine rings is 1. The number of aromatic hydroxyl groups is 1. The Morgan fingerprint density at radius 3 is 2.82 bits per heavy atom. The number of aryl methyl sites for hydroxylation is 1. The van der Waals surface area contributed by atoms with Crippen LogP contribution < -0.4 is 10.9 Å². The summed E-state index contributed by atoms with van der Waals surface area (Å²) in [7, 11) is 1.70. The van der Waals surface area contributed by atoms with Crippen LogP contribution in [0.2, 0.25) is 0 Å². The molecule has 0 spiro atoms. The Labute approximate surface area is 200 Å². The summed E-state index contributed by atoms with van der Waals surface area (Å²) in [6.45, 7) is 0. The highest BCUT2D eigenvalue weighted by molar-refractivity contribution is 7.99. The number of nitrogens with one attached hydrogen (secondary N) is 1. The van der Waals surface area contributed by atoms with Crippen molar-refractivity contribution in [3.63, 3.8) is 0 Å². The third-order valence-electron chi connectivity index (χ3n) is 7.27. The van der Waals surface area contributed by atoms with Gasteiger partial charge in [0.15, 0.2) is 0 Å². The first-order valence-electron chi connectivity index (χ1n) is 11.6. The van der Waals surface area contributed by atoms with Gasteiger partial charge >= 0.3 is 0 Å². The molecule has 0 saturated carbocycles. The van der Waals surface area contributed by atoms with Crippen molar-refractivity contribution in [1.82, 2.24) is 20.1 Å². The van der Waals surface area contributed by atoms with Crippen molar-refractivity contribution in [2.45, 2.75) is 42.4 Å². The molecule has 6 nitrogen and oxygen atoms in total. The lowest BCUT2D eigenvalue weighted by Gasteiger charge is -2.35. The lowest BCUT2D eigenvalue weighted by atomic mass is 9.82. The number of phenols is 1. The molecule has 2 saturated heterocycles. The van der Waals surface area contributed by atoms with E-state index in [1.54, 1.807) is 43.2 Å². The molecule has 0 radical (unpaired) electrons. The quantitative estimate of drug-likeness (QED) is 0.590. The second-order valence-corrected chi connectivity index (χ2v) is 10.4. The maximum atomic E-state index is 15.2. The van der Waals surface area contributed by atoms with E-state index < -0.39 is 6.17 Å². The number of pyridine rings is 1. The lowest BCUT2D eigenvalue weighted by molar-refractivity contribution is 0.167. The van der Waals surface area contributed by atoms with Crippen LogP contribution in [-0.2, 0) is 7.05 Å². The van der Waals surface area contributed by atoms with E-state index in [0.717, 1.165) is 52.3 Å². The molecule has 2 fully saturated rings. The molecule has 174 valence electrons. The SMILES string of the molecule is Cn1ccc(-c2ccc(-c3cc4c(nn3)C([C@H]3C[C@@H]5CC[C@@H](N5)[C@H]3F)=CCS4)c(O)c2)cc1=O. The van der Waals surface area contributed by atoms with Gasteiger partial charge in [-0.3, -0.25) is 4.79 Å². The fraction of sp³-hybridized carbons (Fsp3) is 0.346. The smallest absolute Gasteiger partial charge is 0.250 e. The molecule has 0 unspecified atom stereocenters. The average molecular weight is 477 g/mol. The summed E-state index contributed by atoms with van der Waals surface area (Å²) in [5.74, 6) is 0.695. The van der Waals surface area contributed by atoms with Crippen molar-refractivity contribution >= 4 is 17.3 Å². The van der Waals surface area contributed by atoms with Gasteiger partial charge in [-0.15, -0.1) is 22.0 Å². The number of rotatable bonds is 3. The van der Waals surface area contributed by atoms with Crippen molar-refractivity contribution < 1.29 is 9.50 Å². The summed E-state index contributed by atoms with van der Waals surface area (Å²) in [4.78, 5) is 12.9. The van der Waals surface area contributed by atoms with Gasteiger partial charge < -0.3 is 15.0 Å². The van der Waals surface area contributed by atoms with Crippen LogP contribution >= 0.6 is 11.8 Å². The van der Waals surface area contributed by atoms with E-state index in [1.807, 2.05) is 18.2 Å². The maximum Gasteiger partial charge on any atom is 0.250 e. The zero-order valence-electron chi connectivity index (χ0n) is 18.7. The van der Waals surface area contributed by atoms with Crippen molar-refractivity contribution in [3.8, 4) is 28.1 Å². The normalized spacial score (nSPS) is 25.6. The number of allylic oxidation sites excluding steroid dienone is 1. The molecule has 34 heavy (non-hydrogen) atoms. The van der Waals surface area contributed by atoms with Gasteiger partial charge in [0.05, 0.1) is 5.69 Å². The van der Waals surface area contributed by atoms with Crippen LogP contribution in [-0.4, -0.2) is 43.9 Å². The Bertz CT molecular complexity index is 1370. The molecule has 3 aliphatic heterocycles. The first-order valence-corrected chi connectivity index (χ1v) is 12.6. The average Bonchev–Trinajstić information content (AvgIpc) is 3.26. The molecule has 1 aromatic carbocycles. The van der Waals surface area contributed by atoms with Crippen molar-refractivity contribution in [2.75, 3.05) is 5.75 Å². The Hall–Kier alpha value is -2.97. The zero-order chi connectivity index (χ0) is 23.4. The van der Waals surface area contributed by atoms with E-state index >= 15 is 4.39 Å². The van der Waals surface area contributed by atoms with E-state index in [-0.39, 0.29) is 23.3 Å². The topological polar surface area (TPSA) is 80.0 Å². The summed E-state index contributed by atoms with van der Waals surface area (Å²) >= 11 is 1.66. The summed E-state index contributed by atoms with van der Waals surface area (Å²) in [5.41, 5.74) is 4.27. The van der Waals surface area contributed by atoms with Gasteiger partial charge in [-0.05, 0) is 60.2 Å². The minimum atomic E-state index is -0.908. The van der Waals surface area contributed by atoms with Gasteiger partial charge in [-0.1, -0.05) is 12.1 Å². The zero-order valence-corrected chi connectivity index (χ0v) is 19.6. The van der Waals surface area contributed by atoms with Gasteiger partial charge in [0.2, 0.25) is 0 Å². The van der Waals surface area contributed by atoms with Crippen LogP contribution in [0.5, 0.6) is 5.75 Å². The van der Waals surface area contributed by atoms with E-state index in [4.69, 9.17) is 0 Å². The van der Waals surface area contributed by atoms with Gasteiger partial charge in [-0.2, -0.15) is 0 Å². The van der Waals surface area contributed by atoms with Gasteiger partial charge in [0.1, 0.15) is 17.6 Å². The molecule has 3 aromatic rings. The van der Waals surface area contributed by atoms with E-state index in [0.29, 0.717) is 17.3 Å². The maximum absolute atomic E-state index is 15.2. The number of hydrogen-bond acceptors (Lipinski definition) is 6. The van der Waals surface area contributed by atoms with Crippen LogP contribution in [0.4, 0.5) is 4.39 Å². The molecule has 4 atom stereocenters. The number of halogens is 1. The summed E-state index contributed by atoms with van der Waals surface area (Å²) in [5, 5.41) is 23.1. The number of nitrogens with zero attached hydrogens (tertiary/aromatic N) is 3. The first kappa shape index (κ1) is 21.6. The van der Waals surface area contributed by atoms with Crippen LogP contribution in [0.15, 0.2) is 58.4 Å². The third-order valence-corrected chi connectivity index (χ3v) is 8.22. The summed E-state index contributed by atoms with van der Waals surface area (Å²) in [6.07, 6.45) is 5.63. The second-order valence-electron chi connectivity index (χ2n) is 9.34. The van der Waals surface area contributed by atoms with E-state index in [1.165, 1.54) is 4.57 Å². The molecule has 2 aromatic heterocycles. The van der Waals surface area contributed by atoms with Crippen molar-refractivity contribution in [1.29, 1.82) is 0 Å². The highest BCUT2D eigenvalue weighted by Crippen LogP contribution is 2.45. The second kappa shape index (κ2) is 8.36. The Morgan fingerprint density at radius 1 is 1.15 bits per heavy atom. The van der Waals surface area contributed by atoms with Gasteiger partial charge in [0, 0.05) is 53.5 Å². The lowest BCUT2D eigenvalue weighted by Crippen LogP contribution is -2.47. The number of thioether (sulfide) groups is 1. The van der Waals surface area contributed by atoms with Crippen LogP contribution in [0.3, 0.4) is 0 Å². The predicted octanol–water partition coefficient (Wildman–Crippen LogP) is 4.18. The standard InChI is InChI=1S/C26H25FN4O2S/c1-31-8-6-15(11-24(31)33)14-2-4-18(22(32)10-14)21-13-23-26(30-29-21)17(7-9-34-23)19-12-16-3-5-20(28-16)25(19)27/h2,4,6-8,10-11,13,16,19-20,25,28,32H,3,5,9,12H2,1H3/t16-,19+,20+,25-/m0/s1. The number of alkyl halides is 1. The molecule has 3 aliphatic rings. The minimum absolute atomic E-state index is 0.0600. The van der Waals surface area contributed by atoms with Crippen LogP contribution in [0, 0.1) is 5.92 Å². The largest absolute Gasteiger partial charge is 0.507 e. The van der Waals surface area contributed by atoms with Crippen molar-refractivity contribution in [2.24, 2.45) is 13.0 Å². The first-order chi connectivity index (χ1) is 16.5. The van der Waals surface area contributed by atoms with Crippen LogP contribution in [0.25, 0.3) is 28.0 Å².